The van der Waals surface area contributed by atoms with E-state index in [-0.39, 0.29) is 6.42 Å². The zero-order chi connectivity index (χ0) is 17.6. The van der Waals surface area contributed by atoms with E-state index in [0.29, 0.717) is 24.3 Å². The number of carbonyl (C=O) groups is 1. The van der Waals surface area contributed by atoms with E-state index < -0.39 is 5.97 Å². The molecule has 1 aliphatic carbocycles. The minimum atomic E-state index is -0.724. The van der Waals surface area contributed by atoms with Crippen molar-refractivity contribution in [1.82, 2.24) is 4.98 Å². The quantitative estimate of drug-likeness (QED) is 0.732. The normalized spacial score (nSPS) is 15.4. The van der Waals surface area contributed by atoms with Gasteiger partial charge in [0.25, 0.3) is 0 Å². The summed E-state index contributed by atoms with van der Waals surface area (Å²) in [6.07, 6.45) is 5.66. The van der Waals surface area contributed by atoms with Crippen LogP contribution in [0.5, 0.6) is 5.88 Å². The molecular weight excluding hydrogens is 314 g/mol. The van der Waals surface area contributed by atoms with Gasteiger partial charge in [-0.05, 0) is 49.7 Å². The molecule has 132 valence electrons. The molecule has 4 heteroatoms. The topological polar surface area (TPSA) is 59.4 Å². The van der Waals surface area contributed by atoms with Crippen LogP contribution in [0.15, 0.2) is 42.5 Å². The Morgan fingerprint density at radius 1 is 1.24 bits per heavy atom. The molecular formula is C21H25NO3. The second kappa shape index (κ2) is 8.15. The third kappa shape index (κ3) is 4.81. The van der Waals surface area contributed by atoms with Crippen LogP contribution >= 0.6 is 0 Å². The van der Waals surface area contributed by atoms with Crippen molar-refractivity contribution in [2.75, 3.05) is 0 Å². The highest BCUT2D eigenvalue weighted by Crippen LogP contribution is 2.27. The van der Waals surface area contributed by atoms with Gasteiger partial charge in [-0.25, -0.2) is 4.98 Å². The summed E-state index contributed by atoms with van der Waals surface area (Å²) in [7, 11) is 0. The van der Waals surface area contributed by atoms with Crippen LogP contribution in [-0.4, -0.2) is 22.2 Å². The van der Waals surface area contributed by atoms with Gasteiger partial charge in [0.1, 0.15) is 6.10 Å². The lowest BCUT2D eigenvalue weighted by atomic mass is 9.94. The van der Waals surface area contributed by atoms with Gasteiger partial charge in [0.05, 0.1) is 5.69 Å². The largest absolute Gasteiger partial charge is 0.481 e. The van der Waals surface area contributed by atoms with Crippen LogP contribution in [-0.2, 0) is 4.79 Å². The number of aromatic nitrogens is 1. The molecule has 1 unspecified atom stereocenters. The monoisotopic (exact) mass is 339 g/mol. The summed E-state index contributed by atoms with van der Waals surface area (Å²) in [5.41, 5.74) is 3.22. The predicted octanol–water partition coefficient (Wildman–Crippen LogP) is 5.04. The first kappa shape index (κ1) is 17.5. The molecule has 1 aromatic carbocycles. The summed E-state index contributed by atoms with van der Waals surface area (Å²) in [5, 5.41) is 8.74. The van der Waals surface area contributed by atoms with Crippen molar-refractivity contribution in [3.8, 4) is 17.1 Å². The van der Waals surface area contributed by atoms with Gasteiger partial charge in [-0.15, -0.1) is 0 Å². The van der Waals surface area contributed by atoms with E-state index in [2.05, 4.69) is 36.2 Å². The zero-order valence-electron chi connectivity index (χ0n) is 14.6. The first-order chi connectivity index (χ1) is 12.1. The summed E-state index contributed by atoms with van der Waals surface area (Å²) in [5.74, 6) is 0.334. The Morgan fingerprint density at radius 3 is 2.64 bits per heavy atom. The molecule has 1 N–H and O–H groups in total. The lowest BCUT2D eigenvalue weighted by molar-refractivity contribution is -0.137. The number of carboxylic acid groups (broad SMARTS) is 1. The fraction of sp³-hybridized carbons (Fsp3) is 0.429. The molecule has 2 aromatic rings. The van der Waals surface area contributed by atoms with Gasteiger partial charge in [0.15, 0.2) is 0 Å². The van der Waals surface area contributed by atoms with Crippen molar-refractivity contribution >= 4 is 5.97 Å². The lowest BCUT2D eigenvalue weighted by Crippen LogP contribution is -2.24. The molecule has 1 atom stereocenters. The smallest absolute Gasteiger partial charge is 0.303 e. The summed E-state index contributed by atoms with van der Waals surface area (Å²) < 4.78 is 5.88. The minimum absolute atomic E-state index is 0.236. The molecule has 0 aliphatic heterocycles. The van der Waals surface area contributed by atoms with Crippen molar-refractivity contribution in [3.05, 3.63) is 48.0 Å². The molecule has 0 spiro atoms. The molecule has 0 amide bonds. The van der Waals surface area contributed by atoms with Gasteiger partial charge >= 0.3 is 5.97 Å². The Balaban J connectivity index is 1.63. The van der Waals surface area contributed by atoms with Crippen LogP contribution in [0.3, 0.4) is 0 Å². The summed E-state index contributed by atoms with van der Waals surface area (Å²) in [6, 6.07) is 14.3. The van der Waals surface area contributed by atoms with Gasteiger partial charge in [-0.3, -0.25) is 4.79 Å². The fourth-order valence-electron chi connectivity index (χ4n) is 3.01. The Bertz CT molecular complexity index is 707. The zero-order valence-corrected chi connectivity index (χ0v) is 14.6. The first-order valence-corrected chi connectivity index (χ1v) is 9.07. The van der Waals surface area contributed by atoms with Crippen LogP contribution in [0.1, 0.15) is 56.9 Å². The number of pyridine rings is 1. The van der Waals surface area contributed by atoms with Gasteiger partial charge in [-0.2, -0.15) is 0 Å². The molecule has 3 rings (SSSR count). The Hall–Kier alpha value is -2.36. The van der Waals surface area contributed by atoms with Gasteiger partial charge in [0, 0.05) is 18.1 Å². The maximum Gasteiger partial charge on any atom is 0.303 e. The van der Waals surface area contributed by atoms with Gasteiger partial charge < -0.3 is 9.84 Å². The number of aliphatic carboxylic acids is 1. The number of hydrogen-bond donors (Lipinski definition) is 1. The van der Waals surface area contributed by atoms with Crippen LogP contribution in [0.2, 0.25) is 0 Å². The van der Waals surface area contributed by atoms with E-state index in [1.54, 1.807) is 0 Å². The standard InChI is InChI=1S/C21H25NO3/c1-15(5-2-10-21(23)24)16-11-13-17(14-12-16)19-8-4-9-20(22-19)25-18-6-3-7-18/h4,8-9,11-15,18H,2-3,5-7,10H2,1H3,(H,23,24). The summed E-state index contributed by atoms with van der Waals surface area (Å²) in [6.45, 7) is 2.14. The van der Waals surface area contributed by atoms with Crippen molar-refractivity contribution in [1.29, 1.82) is 0 Å². The number of ether oxygens (including phenoxy) is 1. The van der Waals surface area contributed by atoms with Crippen LogP contribution in [0.4, 0.5) is 0 Å². The Morgan fingerprint density at radius 2 is 2.00 bits per heavy atom. The number of nitrogens with zero attached hydrogens (tertiary/aromatic N) is 1. The molecule has 1 saturated carbocycles. The van der Waals surface area contributed by atoms with E-state index in [1.165, 1.54) is 12.0 Å². The molecule has 0 radical (unpaired) electrons. The Labute approximate surface area is 148 Å². The number of rotatable bonds is 8. The second-order valence-corrected chi connectivity index (χ2v) is 6.84. The highest BCUT2D eigenvalue weighted by atomic mass is 16.5. The maximum atomic E-state index is 10.6. The maximum absolute atomic E-state index is 10.6. The minimum Gasteiger partial charge on any atom is -0.481 e. The molecule has 1 fully saturated rings. The molecule has 1 aliphatic rings. The fourth-order valence-corrected chi connectivity index (χ4v) is 3.01. The van der Waals surface area contributed by atoms with Gasteiger partial charge in [-0.1, -0.05) is 37.3 Å². The highest BCUT2D eigenvalue weighted by Gasteiger charge is 2.19. The lowest BCUT2D eigenvalue weighted by Gasteiger charge is -2.25. The highest BCUT2D eigenvalue weighted by molar-refractivity contribution is 5.66. The van der Waals surface area contributed by atoms with Crippen LogP contribution in [0, 0.1) is 0 Å². The third-order valence-electron chi connectivity index (χ3n) is 4.87. The molecule has 1 heterocycles. The van der Waals surface area contributed by atoms with Crippen LogP contribution < -0.4 is 4.74 Å². The van der Waals surface area contributed by atoms with Crippen molar-refractivity contribution in [3.63, 3.8) is 0 Å². The van der Waals surface area contributed by atoms with Gasteiger partial charge in [0.2, 0.25) is 5.88 Å². The summed E-state index contributed by atoms with van der Waals surface area (Å²) >= 11 is 0. The number of benzene rings is 1. The average Bonchev–Trinajstić information content (AvgIpc) is 2.58. The predicted molar refractivity (Wildman–Crippen MR) is 97.8 cm³/mol. The molecule has 0 saturated heterocycles. The summed E-state index contributed by atoms with van der Waals surface area (Å²) in [4.78, 5) is 15.2. The van der Waals surface area contributed by atoms with E-state index in [4.69, 9.17) is 9.84 Å². The van der Waals surface area contributed by atoms with Crippen molar-refractivity contribution < 1.29 is 14.6 Å². The molecule has 25 heavy (non-hydrogen) atoms. The van der Waals surface area contributed by atoms with Crippen molar-refractivity contribution in [2.45, 2.75) is 57.5 Å². The van der Waals surface area contributed by atoms with Crippen LogP contribution in [0.25, 0.3) is 11.3 Å². The SMILES string of the molecule is CC(CCCC(=O)O)c1ccc(-c2cccc(OC3CCC3)n2)cc1. The van der Waals surface area contributed by atoms with Crippen molar-refractivity contribution in [2.24, 2.45) is 0 Å². The average molecular weight is 339 g/mol. The third-order valence-corrected chi connectivity index (χ3v) is 4.87. The van der Waals surface area contributed by atoms with E-state index in [0.717, 1.165) is 30.5 Å². The first-order valence-electron chi connectivity index (χ1n) is 9.07. The van der Waals surface area contributed by atoms with E-state index in [1.807, 2.05) is 18.2 Å². The molecule has 1 aromatic heterocycles. The number of carboxylic acids is 1. The Kier molecular flexibility index (Phi) is 5.69. The molecule has 0 bridgehead atoms. The molecule has 4 nitrogen and oxygen atoms in total. The van der Waals surface area contributed by atoms with E-state index in [9.17, 15) is 4.79 Å². The number of hydrogen-bond acceptors (Lipinski definition) is 3. The van der Waals surface area contributed by atoms with E-state index >= 15 is 0 Å². The second-order valence-electron chi connectivity index (χ2n) is 6.84.